The van der Waals surface area contributed by atoms with Crippen LogP contribution in [0.2, 0.25) is 0 Å². The molecule has 1 aliphatic heterocycles. The van der Waals surface area contributed by atoms with Crippen molar-refractivity contribution in [3.8, 4) is 17.4 Å². The number of amides is 1. The second-order valence-electron chi connectivity index (χ2n) is 7.97. The fourth-order valence-electron chi connectivity index (χ4n) is 3.89. The van der Waals surface area contributed by atoms with Gasteiger partial charge in [0.25, 0.3) is 5.91 Å². The Kier molecular flexibility index (Phi) is 5.50. The molecule has 4 heterocycles. The lowest BCUT2D eigenvalue weighted by molar-refractivity contribution is -0.132. The molecule has 0 spiro atoms. The third-order valence-corrected chi connectivity index (χ3v) is 5.65. The molecule has 2 N–H and O–H groups in total. The minimum atomic E-state index is -0.760. The van der Waals surface area contributed by atoms with Gasteiger partial charge in [0.2, 0.25) is 0 Å². The smallest absolute Gasteiger partial charge is 0.419 e. The molecule has 1 amide bonds. The number of furan rings is 2. The zero-order valence-electron chi connectivity index (χ0n) is 17.9. The number of hydrogen-bond acceptors (Lipinski definition) is 8. The van der Waals surface area contributed by atoms with Crippen molar-refractivity contribution in [1.29, 1.82) is 5.26 Å². The van der Waals surface area contributed by atoms with E-state index in [0.29, 0.717) is 46.9 Å². The largest absolute Gasteiger partial charge is 0.457 e. The first-order valence-electron chi connectivity index (χ1n) is 10.7. The summed E-state index contributed by atoms with van der Waals surface area (Å²) in [5.74, 6) is 0.349. The van der Waals surface area contributed by atoms with Gasteiger partial charge in [0.1, 0.15) is 23.7 Å². The van der Waals surface area contributed by atoms with Crippen LogP contribution >= 0.6 is 0 Å². The number of benzene rings is 1. The molecule has 2 unspecified atom stereocenters. The first kappa shape index (κ1) is 21.1. The third-order valence-electron chi connectivity index (χ3n) is 5.65. The molecule has 1 fully saturated rings. The lowest BCUT2D eigenvalue weighted by Gasteiger charge is -2.17. The van der Waals surface area contributed by atoms with Crippen molar-refractivity contribution in [2.24, 2.45) is 7.05 Å². The summed E-state index contributed by atoms with van der Waals surface area (Å²) < 4.78 is 23.9. The molecule has 3 aromatic heterocycles. The number of nitrogens with zero attached hydrogens (tertiary/aromatic N) is 2. The number of nitrogens with one attached hydrogen (secondary N) is 2. The summed E-state index contributed by atoms with van der Waals surface area (Å²) in [6.07, 6.45) is 0.420. The SMILES string of the molecule is Cn1c(=O)oc2ccc(-c3cc4oc(CC(C#N)NC(=O)C5CNCCCO5)cc4o3)cc21. The molecule has 1 aromatic carbocycles. The van der Waals surface area contributed by atoms with Crippen LogP contribution in [0.4, 0.5) is 0 Å². The summed E-state index contributed by atoms with van der Waals surface area (Å²) in [4.78, 5) is 24.2. The summed E-state index contributed by atoms with van der Waals surface area (Å²) in [7, 11) is 1.64. The number of carbonyl (C=O) groups excluding carboxylic acids is 1. The Morgan fingerprint density at radius 2 is 2.09 bits per heavy atom. The topological polar surface area (TPSA) is 136 Å². The summed E-state index contributed by atoms with van der Waals surface area (Å²) >= 11 is 0. The lowest BCUT2D eigenvalue weighted by atomic mass is 10.1. The Hall–Kier alpha value is -3.81. The highest BCUT2D eigenvalue weighted by Crippen LogP contribution is 2.32. The van der Waals surface area contributed by atoms with Crippen molar-refractivity contribution in [1.82, 2.24) is 15.2 Å². The molecular weight excluding hydrogens is 428 g/mol. The summed E-state index contributed by atoms with van der Waals surface area (Å²) in [5.41, 5.74) is 2.98. The van der Waals surface area contributed by atoms with Crippen LogP contribution < -0.4 is 16.4 Å². The maximum absolute atomic E-state index is 12.4. The van der Waals surface area contributed by atoms with E-state index in [4.69, 9.17) is 18.0 Å². The normalized spacial score (nSPS) is 17.6. The highest BCUT2D eigenvalue weighted by atomic mass is 16.5. The van der Waals surface area contributed by atoms with Crippen LogP contribution in [0.3, 0.4) is 0 Å². The second-order valence-corrected chi connectivity index (χ2v) is 7.97. The van der Waals surface area contributed by atoms with Crippen molar-refractivity contribution in [2.75, 3.05) is 19.7 Å². The monoisotopic (exact) mass is 450 g/mol. The molecule has 0 bridgehead atoms. The molecule has 1 aliphatic rings. The Balaban J connectivity index is 1.30. The highest BCUT2D eigenvalue weighted by Gasteiger charge is 2.24. The predicted molar refractivity (Wildman–Crippen MR) is 117 cm³/mol. The van der Waals surface area contributed by atoms with Crippen LogP contribution in [0, 0.1) is 11.3 Å². The molecule has 33 heavy (non-hydrogen) atoms. The maximum atomic E-state index is 12.4. The van der Waals surface area contributed by atoms with Crippen molar-refractivity contribution in [3.05, 3.63) is 46.6 Å². The van der Waals surface area contributed by atoms with Crippen molar-refractivity contribution in [2.45, 2.75) is 25.0 Å². The summed E-state index contributed by atoms with van der Waals surface area (Å²) in [6.45, 7) is 1.72. The van der Waals surface area contributed by atoms with Gasteiger partial charge in [-0.15, -0.1) is 0 Å². The van der Waals surface area contributed by atoms with E-state index in [2.05, 4.69) is 16.7 Å². The molecule has 10 heteroatoms. The van der Waals surface area contributed by atoms with Gasteiger partial charge in [0.05, 0.1) is 11.6 Å². The Morgan fingerprint density at radius 3 is 2.91 bits per heavy atom. The van der Waals surface area contributed by atoms with Gasteiger partial charge in [-0.3, -0.25) is 9.36 Å². The minimum absolute atomic E-state index is 0.199. The molecule has 0 radical (unpaired) electrons. The van der Waals surface area contributed by atoms with E-state index < -0.39 is 17.9 Å². The quantitative estimate of drug-likeness (QED) is 0.472. The molecular formula is C23H22N4O6. The molecule has 1 saturated heterocycles. The van der Waals surface area contributed by atoms with E-state index in [1.807, 2.05) is 6.07 Å². The fourth-order valence-corrected chi connectivity index (χ4v) is 3.89. The van der Waals surface area contributed by atoms with Crippen LogP contribution in [-0.2, 0) is 23.0 Å². The van der Waals surface area contributed by atoms with E-state index in [0.717, 1.165) is 18.5 Å². The van der Waals surface area contributed by atoms with Crippen molar-refractivity contribution >= 4 is 28.2 Å². The molecule has 5 rings (SSSR count). The Labute approximate surface area is 187 Å². The zero-order chi connectivity index (χ0) is 22.9. The first-order chi connectivity index (χ1) is 16.0. The molecule has 170 valence electrons. The molecule has 0 aliphatic carbocycles. The Bertz CT molecular complexity index is 1380. The van der Waals surface area contributed by atoms with E-state index in [1.165, 1.54) is 4.57 Å². The zero-order valence-corrected chi connectivity index (χ0v) is 17.9. The molecule has 0 saturated carbocycles. The molecule has 2 atom stereocenters. The average Bonchev–Trinajstić information content (AvgIpc) is 3.35. The van der Waals surface area contributed by atoms with Gasteiger partial charge in [0, 0.05) is 44.3 Å². The number of ether oxygens (including phenoxy) is 1. The minimum Gasteiger partial charge on any atom is -0.457 e. The highest BCUT2D eigenvalue weighted by molar-refractivity contribution is 5.84. The number of aryl methyl sites for hydroxylation is 1. The fraction of sp³-hybridized carbons (Fsp3) is 0.348. The van der Waals surface area contributed by atoms with E-state index in [9.17, 15) is 14.9 Å². The summed E-state index contributed by atoms with van der Waals surface area (Å²) in [5, 5.41) is 15.4. The van der Waals surface area contributed by atoms with Gasteiger partial charge < -0.3 is 28.6 Å². The van der Waals surface area contributed by atoms with Gasteiger partial charge in [0.15, 0.2) is 16.7 Å². The van der Waals surface area contributed by atoms with Crippen LogP contribution in [0.5, 0.6) is 0 Å². The third kappa shape index (κ3) is 4.16. The van der Waals surface area contributed by atoms with Gasteiger partial charge in [-0.1, -0.05) is 0 Å². The van der Waals surface area contributed by atoms with Crippen LogP contribution in [0.1, 0.15) is 12.2 Å². The number of hydrogen-bond donors (Lipinski definition) is 2. The molecule has 4 aromatic rings. The van der Waals surface area contributed by atoms with Gasteiger partial charge >= 0.3 is 5.76 Å². The Morgan fingerprint density at radius 1 is 1.24 bits per heavy atom. The second kappa shape index (κ2) is 8.61. The van der Waals surface area contributed by atoms with E-state index >= 15 is 0 Å². The van der Waals surface area contributed by atoms with Crippen LogP contribution in [0.25, 0.3) is 33.6 Å². The number of oxazole rings is 1. The van der Waals surface area contributed by atoms with E-state index in [1.54, 1.807) is 31.3 Å². The van der Waals surface area contributed by atoms with Crippen molar-refractivity contribution < 1.29 is 22.8 Å². The number of aromatic nitrogens is 1. The predicted octanol–water partition coefficient (Wildman–Crippen LogP) is 2.07. The molecule has 10 nitrogen and oxygen atoms in total. The number of carbonyl (C=O) groups is 1. The van der Waals surface area contributed by atoms with Gasteiger partial charge in [-0.25, -0.2) is 4.79 Å². The van der Waals surface area contributed by atoms with E-state index in [-0.39, 0.29) is 12.3 Å². The number of fused-ring (bicyclic) bond motifs is 2. The average molecular weight is 450 g/mol. The summed E-state index contributed by atoms with van der Waals surface area (Å²) in [6, 6.07) is 10.1. The maximum Gasteiger partial charge on any atom is 0.419 e. The van der Waals surface area contributed by atoms with Crippen molar-refractivity contribution in [3.63, 3.8) is 0 Å². The standard InChI is InChI=1S/C23H22N4O6/c1-27-16-7-13(3-4-17(16)33-23(27)29)18-10-20-19(32-18)9-15(31-20)8-14(11-24)26-22(28)21-12-25-5-2-6-30-21/h3-4,7,9-10,14,21,25H,2,5-6,8,12H2,1H3,(H,26,28). The lowest BCUT2D eigenvalue weighted by Crippen LogP contribution is -2.46. The van der Waals surface area contributed by atoms with Crippen LogP contribution in [-0.4, -0.2) is 42.3 Å². The van der Waals surface area contributed by atoms with Crippen LogP contribution in [0.15, 0.2) is 48.4 Å². The van der Waals surface area contributed by atoms with Gasteiger partial charge in [-0.05, 0) is 31.2 Å². The first-order valence-corrected chi connectivity index (χ1v) is 10.7. The number of rotatable bonds is 5. The number of nitriles is 1. The van der Waals surface area contributed by atoms with Gasteiger partial charge in [-0.2, -0.15) is 5.26 Å².